The van der Waals surface area contributed by atoms with E-state index in [1.807, 2.05) is 24.3 Å². The van der Waals surface area contributed by atoms with E-state index in [9.17, 15) is 19.7 Å². The Bertz CT molecular complexity index is 1040. The molecule has 0 aliphatic heterocycles. The summed E-state index contributed by atoms with van der Waals surface area (Å²) in [5.41, 5.74) is 1.29. The van der Waals surface area contributed by atoms with Crippen molar-refractivity contribution in [3.63, 3.8) is 0 Å². The zero-order chi connectivity index (χ0) is 22.2. The molecule has 0 aliphatic rings. The molecule has 0 aromatic heterocycles. The van der Waals surface area contributed by atoms with Gasteiger partial charge in [0.1, 0.15) is 6.04 Å². The lowest BCUT2D eigenvalue weighted by molar-refractivity contribution is -0.384. The summed E-state index contributed by atoms with van der Waals surface area (Å²) in [4.78, 5) is 36.8. The topological polar surface area (TPSA) is 101 Å². The summed E-state index contributed by atoms with van der Waals surface area (Å²) in [6.45, 7) is 1.72. The number of nitrogens with zero attached hydrogens (tertiary/aromatic N) is 1. The lowest BCUT2D eigenvalue weighted by Crippen LogP contribution is -2.40. The molecule has 0 heterocycles. The molecular weight excluding hydrogens is 414 g/mol. The van der Waals surface area contributed by atoms with Gasteiger partial charge in [-0.05, 0) is 36.8 Å². The molecule has 8 heteroatoms. The molecule has 158 valence electrons. The van der Waals surface area contributed by atoms with Crippen LogP contribution in [0.25, 0.3) is 0 Å². The van der Waals surface area contributed by atoms with Crippen LogP contribution in [0.15, 0.2) is 89.8 Å². The first-order chi connectivity index (χ1) is 14.9. The molecule has 7 nitrogen and oxygen atoms in total. The Morgan fingerprint density at radius 1 is 0.871 bits per heavy atom. The number of benzene rings is 3. The molecular formula is C23H21N3O4S. The SMILES string of the molecule is C[C@@H](Sc1ccc([N+](=O)[O-])cc1)C(=O)N[C@@H](C(=O)Nc1ccccc1)c1ccccc1. The minimum atomic E-state index is -0.867. The second-order valence-electron chi connectivity index (χ2n) is 6.72. The van der Waals surface area contributed by atoms with Gasteiger partial charge in [-0.25, -0.2) is 0 Å². The van der Waals surface area contributed by atoms with Crippen LogP contribution in [-0.2, 0) is 9.59 Å². The number of carbonyl (C=O) groups excluding carboxylic acids is 2. The predicted octanol–water partition coefficient (Wildman–Crippen LogP) is 4.57. The van der Waals surface area contributed by atoms with Crippen molar-refractivity contribution in [2.45, 2.75) is 23.1 Å². The Kier molecular flexibility index (Phi) is 7.40. The van der Waals surface area contributed by atoms with Crippen LogP contribution in [0, 0.1) is 10.1 Å². The summed E-state index contributed by atoms with van der Waals surface area (Å²) in [5, 5.41) is 15.9. The Hall–Kier alpha value is -3.65. The first-order valence-electron chi connectivity index (χ1n) is 9.56. The lowest BCUT2D eigenvalue weighted by atomic mass is 10.1. The maximum Gasteiger partial charge on any atom is 0.269 e. The van der Waals surface area contributed by atoms with Crippen molar-refractivity contribution in [1.82, 2.24) is 5.32 Å². The smallest absolute Gasteiger partial charge is 0.269 e. The monoisotopic (exact) mass is 435 g/mol. The number of amides is 2. The van der Waals surface area contributed by atoms with E-state index < -0.39 is 16.2 Å². The van der Waals surface area contributed by atoms with E-state index in [0.29, 0.717) is 11.3 Å². The molecule has 0 aliphatic carbocycles. The van der Waals surface area contributed by atoms with E-state index in [4.69, 9.17) is 0 Å². The normalized spacial score (nSPS) is 12.4. The van der Waals surface area contributed by atoms with Gasteiger partial charge in [0.05, 0.1) is 10.2 Å². The van der Waals surface area contributed by atoms with Crippen molar-refractivity contribution in [2.75, 3.05) is 5.32 Å². The number of anilines is 1. The van der Waals surface area contributed by atoms with Crippen LogP contribution in [-0.4, -0.2) is 22.0 Å². The average Bonchev–Trinajstić information content (AvgIpc) is 2.78. The standard InChI is InChI=1S/C23H21N3O4S/c1-16(31-20-14-12-19(13-15-20)26(29)30)22(27)25-21(17-8-4-2-5-9-17)23(28)24-18-10-6-3-7-11-18/h2-16,21H,1H3,(H,24,28)(H,25,27)/t16-,21-/m1/s1. The minimum Gasteiger partial charge on any atom is -0.340 e. The molecule has 0 radical (unpaired) electrons. The Morgan fingerprint density at radius 2 is 1.45 bits per heavy atom. The van der Waals surface area contributed by atoms with Crippen LogP contribution < -0.4 is 10.6 Å². The van der Waals surface area contributed by atoms with E-state index in [-0.39, 0.29) is 17.5 Å². The molecule has 3 rings (SSSR count). The summed E-state index contributed by atoms with van der Waals surface area (Å²) >= 11 is 1.26. The van der Waals surface area contributed by atoms with Crippen molar-refractivity contribution < 1.29 is 14.5 Å². The van der Waals surface area contributed by atoms with Crippen LogP contribution >= 0.6 is 11.8 Å². The molecule has 0 saturated heterocycles. The molecule has 0 unspecified atom stereocenters. The highest BCUT2D eigenvalue weighted by Gasteiger charge is 2.25. The summed E-state index contributed by atoms with van der Waals surface area (Å²) in [5.74, 6) is -0.668. The van der Waals surface area contributed by atoms with E-state index in [1.165, 1.54) is 23.9 Å². The van der Waals surface area contributed by atoms with Gasteiger partial charge in [-0.3, -0.25) is 19.7 Å². The van der Waals surface area contributed by atoms with Crippen molar-refractivity contribution in [2.24, 2.45) is 0 Å². The molecule has 2 amide bonds. The highest BCUT2D eigenvalue weighted by molar-refractivity contribution is 8.00. The van der Waals surface area contributed by atoms with E-state index in [0.717, 1.165) is 4.90 Å². The van der Waals surface area contributed by atoms with E-state index in [2.05, 4.69) is 10.6 Å². The van der Waals surface area contributed by atoms with Crippen LogP contribution in [0.5, 0.6) is 0 Å². The van der Waals surface area contributed by atoms with Crippen molar-refractivity contribution in [3.8, 4) is 0 Å². The van der Waals surface area contributed by atoms with Crippen LogP contribution in [0.4, 0.5) is 11.4 Å². The fraction of sp³-hybridized carbons (Fsp3) is 0.130. The minimum absolute atomic E-state index is 0.0109. The largest absolute Gasteiger partial charge is 0.340 e. The van der Waals surface area contributed by atoms with Gasteiger partial charge in [0.25, 0.3) is 11.6 Å². The van der Waals surface area contributed by atoms with Gasteiger partial charge >= 0.3 is 0 Å². The van der Waals surface area contributed by atoms with Gasteiger partial charge < -0.3 is 10.6 Å². The quantitative estimate of drug-likeness (QED) is 0.307. The molecule has 0 spiro atoms. The number of thioether (sulfide) groups is 1. The number of nitro benzene ring substituents is 1. The Labute approximate surface area is 184 Å². The first kappa shape index (κ1) is 22.0. The number of nitrogens with one attached hydrogen (secondary N) is 2. The third kappa shape index (κ3) is 6.16. The third-order valence-electron chi connectivity index (χ3n) is 4.45. The van der Waals surface area contributed by atoms with Crippen molar-refractivity contribution in [3.05, 3.63) is 101 Å². The number of para-hydroxylation sites is 1. The number of nitro groups is 1. The molecule has 3 aromatic rings. The van der Waals surface area contributed by atoms with Crippen LogP contribution in [0.1, 0.15) is 18.5 Å². The maximum absolute atomic E-state index is 12.9. The zero-order valence-corrected chi connectivity index (χ0v) is 17.5. The highest BCUT2D eigenvalue weighted by Crippen LogP contribution is 2.26. The molecule has 0 saturated carbocycles. The molecule has 0 fully saturated rings. The fourth-order valence-corrected chi connectivity index (χ4v) is 3.72. The number of hydrogen-bond donors (Lipinski definition) is 2. The van der Waals surface area contributed by atoms with Crippen LogP contribution in [0.3, 0.4) is 0 Å². The van der Waals surface area contributed by atoms with Gasteiger partial charge in [-0.1, -0.05) is 48.5 Å². The average molecular weight is 436 g/mol. The molecule has 0 bridgehead atoms. The molecule has 2 N–H and O–H groups in total. The highest BCUT2D eigenvalue weighted by atomic mass is 32.2. The van der Waals surface area contributed by atoms with Crippen molar-refractivity contribution >= 4 is 35.0 Å². The van der Waals surface area contributed by atoms with Crippen molar-refractivity contribution in [1.29, 1.82) is 0 Å². The van der Waals surface area contributed by atoms with E-state index in [1.54, 1.807) is 55.5 Å². The number of rotatable bonds is 8. The summed E-state index contributed by atoms with van der Waals surface area (Å²) < 4.78 is 0. The summed E-state index contributed by atoms with van der Waals surface area (Å²) in [6.07, 6.45) is 0. The van der Waals surface area contributed by atoms with Gasteiger partial charge in [0, 0.05) is 22.7 Å². The number of non-ortho nitro benzene ring substituents is 1. The van der Waals surface area contributed by atoms with E-state index >= 15 is 0 Å². The molecule has 3 aromatic carbocycles. The van der Waals surface area contributed by atoms with Gasteiger partial charge in [-0.15, -0.1) is 11.8 Å². The lowest BCUT2D eigenvalue weighted by Gasteiger charge is -2.21. The number of carbonyl (C=O) groups is 2. The summed E-state index contributed by atoms with van der Waals surface area (Å²) in [6, 6.07) is 23.2. The fourth-order valence-electron chi connectivity index (χ4n) is 2.85. The number of hydrogen-bond acceptors (Lipinski definition) is 5. The zero-order valence-electron chi connectivity index (χ0n) is 16.7. The second-order valence-corrected chi connectivity index (χ2v) is 8.13. The predicted molar refractivity (Wildman–Crippen MR) is 121 cm³/mol. The maximum atomic E-state index is 12.9. The third-order valence-corrected chi connectivity index (χ3v) is 5.56. The first-order valence-corrected chi connectivity index (χ1v) is 10.4. The van der Waals surface area contributed by atoms with Gasteiger partial charge in [0.2, 0.25) is 5.91 Å². The van der Waals surface area contributed by atoms with Crippen LogP contribution in [0.2, 0.25) is 0 Å². The molecule has 31 heavy (non-hydrogen) atoms. The summed E-state index contributed by atoms with van der Waals surface area (Å²) in [7, 11) is 0. The molecule has 2 atom stereocenters. The Morgan fingerprint density at radius 3 is 2.03 bits per heavy atom. The van der Waals surface area contributed by atoms with Gasteiger partial charge in [-0.2, -0.15) is 0 Å². The Balaban J connectivity index is 1.71. The van der Waals surface area contributed by atoms with Gasteiger partial charge in [0.15, 0.2) is 0 Å². The second kappa shape index (κ2) is 10.4.